The molecule has 0 saturated carbocycles. The molecule has 7 nitrogen and oxygen atoms in total. The Balaban J connectivity index is 1.43. The number of nitrogens with zero attached hydrogens (tertiary/aromatic N) is 3. The maximum Gasteiger partial charge on any atom is 0.254 e. The van der Waals surface area contributed by atoms with Gasteiger partial charge in [0.2, 0.25) is 12.7 Å². The van der Waals surface area contributed by atoms with Crippen molar-refractivity contribution in [2.75, 3.05) is 19.9 Å². The number of ether oxygens (including phenoxy) is 3. The summed E-state index contributed by atoms with van der Waals surface area (Å²) < 4.78 is 16.5. The maximum absolute atomic E-state index is 12.8. The van der Waals surface area contributed by atoms with Crippen molar-refractivity contribution in [2.24, 2.45) is 0 Å². The second kappa shape index (κ2) is 6.58. The van der Waals surface area contributed by atoms with Gasteiger partial charge in [-0.1, -0.05) is 0 Å². The molecular formula is C18H19N3O4. The largest absolute Gasteiger partial charge is 0.471 e. The monoisotopic (exact) mass is 341 g/mol. The van der Waals surface area contributed by atoms with Crippen LogP contribution in [0.15, 0.2) is 30.3 Å². The molecule has 3 heterocycles. The van der Waals surface area contributed by atoms with Crippen molar-refractivity contribution < 1.29 is 19.0 Å². The minimum absolute atomic E-state index is 0.0263. The number of aromatic nitrogens is 2. The van der Waals surface area contributed by atoms with Crippen LogP contribution in [0.2, 0.25) is 0 Å². The van der Waals surface area contributed by atoms with Crippen molar-refractivity contribution in [3.63, 3.8) is 0 Å². The van der Waals surface area contributed by atoms with E-state index in [1.54, 1.807) is 24.3 Å². The van der Waals surface area contributed by atoms with Gasteiger partial charge in [0.1, 0.15) is 6.10 Å². The van der Waals surface area contributed by atoms with Gasteiger partial charge >= 0.3 is 0 Å². The highest BCUT2D eigenvalue weighted by Crippen LogP contribution is 2.33. The molecule has 1 saturated heterocycles. The molecule has 1 aromatic carbocycles. The van der Waals surface area contributed by atoms with Gasteiger partial charge in [0.05, 0.1) is 12.2 Å². The molecule has 1 amide bonds. The SMILES string of the molecule is Cc1ccc(OC2CCCN(C(=O)c3ccc4c(c3)OCO4)C2)nn1. The Morgan fingerprint density at radius 2 is 2.08 bits per heavy atom. The lowest BCUT2D eigenvalue weighted by Crippen LogP contribution is -2.44. The number of hydrogen-bond donors (Lipinski definition) is 0. The highest BCUT2D eigenvalue weighted by Gasteiger charge is 2.27. The van der Waals surface area contributed by atoms with Crippen LogP contribution in [0.4, 0.5) is 0 Å². The third kappa shape index (κ3) is 3.35. The fourth-order valence-corrected chi connectivity index (χ4v) is 3.05. The molecule has 2 aliphatic heterocycles. The van der Waals surface area contributed by atoms with Gasteiger partial charge in [-0.2, -0.15) is 5.10 Å². The molecule has 1 unspecified atom stereocenters. The molecule has 25 heavy (non-hydrogen) atoms. The average molecular weight is 341 g/mol. The third-order valence-corrected chi connectivity index (χ3v) is 4.35. The zero-order valence-corrected chi connectivity index (χ0v) is 14.0. The minimum Gasteiger partial charge on any atom is -0.471 e. The van der Waals surface area contributed by atoms with Crippen molar-refractivity contribution in [1.29, 1.82) is 0 Å². The second-order valence-corrected chi connectivity index (χ2v) is 6.21. The van der Waals surface area contributed by atoms with Crippen molar-refractivity contribution in [1.82, 2.24) is 15.1 Å². The summed E-state index contributed by atoms with van der Waals surface area (Å²) in [6.45, 7) is 3.32. The highest BCUT2D eigenvalue weighted by atomic mass is 16.7. The Hall–Kier alpha value is -2.83. The number of rotatable bonds is 3. The molecule has 7 heteroatoms. The maximum atomic E-state index is 12.8. The molecule has 4 rings (SSSR count). The highest BCUT2D eigenvalue weighted by molar-refractivity contribution is 5.95. The molecule has 130 valence electrons. The van der Waals surface area contributed by atoms with E-state index in [0.29, 0.717) is 36.0 Å². The van der Waals surface area contributed by atoms with E-state index in [9.17, 15) is 4.79 Å². The minimum atomic E-state index is -0.0799. The lowest BCUT2D eigenvalue weighted by Gasteiger charge is -2.32. The van der Waals surface area contributed by atoms with Crippen LogP contribution in [0.5, 0.6) is 17.4 Å². The number of hydrogen-bond acceptors (Lipinski definition) is 6. The van der Waals surface area contributed by atoms with Gasteiger partial charge in [0.15, 0.2) is 11.5 Å². The first-order valence-electron chi connectivity index (χ1n) is 8.35. The van der Waals surface area contributed by atoms with Gasteiger partial charge in [-0.3, -0.25) is 4.79 Å². The Labute approximate surface area is 145 Å². The summed E-state index contributed by atoms with van der Waals surface area (Å²) in [5.41, 5.74) is 1.44. The summed E-state index contributed by atoms with van der Waals surface area (Å²) in [6.07, 6.45) is 1.70. The number of likely N-dealkylation sites (tertiary alicyclic amines) is 1. The van der Waals surface area contributed by atoms with Crippen molar-refractivity contribution in [3.8, 4) is 17.4 Å². The summed E-state index contributed by atoms with van der Waals surface area (Å²) in [5.74, 6) is 1.76. The fourth-order valence-electron chi connectivity index (χ4n) is 3.05. The van der Waals surface area contributed by atoms with E-state index in [2.05, 4.69) is 10.2 Å². The van der Waals surface area contributed by atoms with Crippen molar-refractivity contribution in [2.45, 2.75) is 25.9 Å². The second-order valence-electron chi connectivity index (χ2n) is 6.21. The number of carbonyl (C=O) groups excluding carboxylic acids is 1. The zero-order valence-electron chi connectivity index (χ0n) is 14.0. The molecule has 0 spiro atoms. The van der Waals surface area contributed by atoms with Crippen LogP contribution in [0.25, 0.3) is 0 Å². The molecule has 1 aromatic heterocycles. The van der Waals surface area contributed by atoms with Gasteiger partial charge in [-0.15, -0.1) is 5.10 Å². The smallest absolute Gasteiger partial charge is 0.254 e. The number of piperidine rings is 1. The van der Waals surface area contributed by atoms with Crippen LogP contribution in [0, 0.1) is 6.92 Å². The number of aryl methyl sites for hydroxylation is 1. The van der Waals surface area contributed by atoms with Crippen LogP contribution in [0.3, 0.4) is 0 Å². The quantitative estimate of drug-likeness (QED) is 0.852. The molecule has 0 bridgehead atoms. The van der Waals surface area contributed by atoms with Crippen LogP contribution >= 0.6 is 0 Å². The van der Waals surface area contributed by atoms with Gasteiger partial charge in [0, 0.05) is 18.2 Å². The first-order chi connectivity index (χ1) is 12.2. The van der Waals surface area contributed by atoms with Gasteiger partial charge in [-0.25, -0.2) is 0 Å². The molecule has 2 aliphatic rings. The molecule has 2 aromatic rings. The fraction of sp³-hybridized carbons (Fsp3) is 0.389. The molecule has 0 radical (unpaired) electrons. The number of amides is 1. The Morgan fingerprint density at radius 1 is 1.20 bits per heavy atom. The molecule has 1 fully saturated rings. The molecular weight excluding hydrogens is 322 g/mol. The van der Waals surface area contributed by atoms with Crippen LogP contribution in [0.1, 0.15) is 28.9 Å². The van der Waals surface area contributed by atoms with E-state index in [4.69, 9.17) is 14.2 Å². The summed E-state index contributed by atoms with van der Waals surface area (Å²) in [6, 6.07) is 8.95. The molecule has 1 atom stereocenters. The number of fused-ring (bicyclic) bond motifs is 1. The first-order valence-corrected chi connectivity index (χ1v) is 8.35. The molecule has 0 N–H and O–H groups in total. The first kappa shape index (κ1) is 15.7. The topological polar surface area (TPSA) is 73.8 Å². The normalized spacial score (nSPS) is 18.9. The summed E-state index contributed by atoms with van der Waals surface area (Å²) in [5, 5.41) is 8.03. The van der Waals surface area contributed by atoms with E-state index < -0.39 is 0 Å². The van der Waals surface area contributed by atoms with E-state index in [1.165, 1.54) is 0 Å². The lowest BCUT2D eigenvalue weighted by atomic mass is 10.1. The van der Waals surface area contributed by atoms with Crippen LogP contribution < -0.4 is 14.2 Å². The zero-order chi connectivity index (χ0) is 17.2. The Morgan fingerprint density at radius 3 is 2.92 bits per heavy atom. The third-order valence-electron chi connectivity index (χ3n) is 4.35. The molecule has 0 aliphatic carbocycles. The Kier molecular flexibility index (Phi) is 4.13. The Bertz CT molecular complexity index is 778. The van der Waals surface area contributed by atoms with E-state index in [-0.39, 0.29) is 18.8 Å². The summed E-state index contributed by atoms with van der Waals surface area (Å²) in [4.78, 5) is 14.6. The van der Waals surface area contributed by atoms with Crippen LogP contribution in [-0.4, -0.2) is 47.0 Å². The predicted molar refractivity (Wildman–Crippen MR) is 88.9 cm³/mol. The number of benzene rings is 1. The lowest BCUT2D eigenvalue weighted by molar-refractivity contribution is 0.0525. The number of carbonyl (C=O) groups is 1. The van der Waals surface area contributed by atoms with Gasteiger partial charge < -0.3 is 19.1 Å². The summed E-state index contributed by atoms with van der Waals surface area (Å²) in [7, 11) is 0. The van der Waals surface area contributed by atoms with E-state index >= 15 is 0 Å². The van der Waals surface area contributed by atoms with E-state index in [0.717, 1.165) is 18.5 Å². The van der Waals surface area contributed by atoms with Crippen LogP contribution in [-0.2, 0) is 0 Å². The van der Waals surface area contributed by atoms with Crippen molar-refractivity contribution >= 4 is 5.91 Å². The van der Waals surface area contributed by atoms with E-state index in [1.807, 2.05) is 17.9 Å². The standard InChI is InChI=1S/C18H19N3O4/c1-12-4-7-17(20-19-12)25-14-3-2-8-21(10-14)18(22)13-5-6-15-16(9-13)24-11-23-15/h4-7,9,14H,2-3,8,10-11H2,1H3. The van der Waals surface area contributed by atoms with Gasteiger partial charge in [-0.05, 0) is 44.0 Å². The van der Waals surface area contributed by atoms with Crippen molar-refractivity contribution in [3.05, 3.63) is 41.6 Å². The average Bonchev–Trinajstić information content (AvgIpc) is 3.11. The predicted octanol–water partition coefficient (Wildman–Crippen LogP) is 2.20. The summed E-state index contributed by atoms with van der Waals surface area (Å²) >= 11 is 0. The van der Waals surface area contributed by atoms with Gasteiger partial charge in [0.25, 0.3) is 5.91 Å².